The van der Waals surface area contributed by atoms with Crippen molar-refractivity contribution in [2.24, 2.45) is 0 Å². The number of nitrogens with one attached hydrogen (secondary N) is 1. The minimum atomic E-state index is -0.123. The van der Waals surface area contributed by atoms with E-state index in [1.807, 2.05) is 47.5 Å². The highest BCUT2D eigenvalue weighted by Gasteiger charge is 2.30. The number of amides is 1. The van der Waals surface area contributed by atoms with Crippen molar-refractivity contribution in [3.8, 4) is 0 Å². The molecule has 0 aliphatic carbocycles. The molecule has 1 aromatic heterocycles. The zero-order valence-corrected chi connectivity index (χ0v) is 22.6. The molecule has 0 bridgehead atoms. The van der Waals surface area contributed by atoms with Crippen molar-refractivity contribution in [1.82, 2.24) is 14.8 Å². The Balaban J connectivity index is 1.22. The first-order valence-electron chi connectivity index (χ1n) is 13.6. The Morgan fingerprint density at radius 3 is 1.97 bits per heavy atom. The van der Waals surface area contributed by atoms with Crippen molar-refractivity contribution >= 4 is 28.4 Å². The van der Waals surface area contributed by atoms with Gasteiger partial charge in [0.15, 0.2) is 0 Å². The summed E-state index contributed by atoms with van der Waals surface area (Å²) in [6.07, 6.45) is 2.42. The van der Waals surface area contributed by atoms with Gasteiger partial charge in [0.05, 0.1) is 6.04 Å². The lowest BCUT2D eigenvalue weighted by molar-refractivity contribution is -0.133. The second-order valence-corrected chi connectivity index (χ2v) is 10.6. The van der Waals surface area contributed by atoms with Gasteiger partial charge >= 0.3 is 0 Å². The van der Waals surface area contributed by atoms with E-state index in [9.17, 15) is 4.79 Å². The largest absolute Gasteiger partial charge is 0.361 e. The van der Waals surface area contributed by atoms with Crippen LogP contribution in [0.15, 0.2) is 115 Å². The van der Waals surface area contributed by atoms with Crippen molar-refractivity contribution in [3.05, 3.63) is 143 Å². The van der Waals surface area contributed by atoms with E-state index < -0.39 is 0 Å². The van der Waals surface area contributed by atoms with Gasteiger partial charge < -0.3 is 9.88 Å². The normalized spacial score (nSPS) is 15.1. The van der Waals surface area contributed by atoms with E-state index in [0.29, 0.717) is 24.5 Å². The summed E-state index contributed by atoms with van der Waals surface area (Å²) in [4.78, 5) is 21.7. The molecule has 1 amide bonds. The second-order valence-electron chi connectivity index (χ2n) is 10.2. The van der Waals surface area contributed by atoms with E-state index in [-0.39, 0.29) is 17.9 Å². The summed E-state index contributed by atoms with van der Waals surface area (Å²) in [5.74, 6) is 0.0441. The minimum absolute atomic E-state index is 0.123. The molecule has 1 aliphatic heterocycles. The van der Waals surface area contributed by atoms with Crippen LogP contribution in [0.1, 0.15) is 40.6 Å². The summed E-state index contributed by atoms with van der Waals surface area (Å²) in [5.41, 5.74) is 5.73. The fourth-order valence-corrected chi connectivity index (χ4v) is 6.21. The molecule has 0 saturated carbocycles. The van der Waals surface area contributed by atoms with Crippen LogP contribution in [0.4, 0.5) is 0 Å². The number of halogens is 1. The van der Waals surface area contributed by atoms with Crippen LogP contribution >= 0.6 is 11.6 Å². The molecule has 1 aliphatic rings. The van der Waals surface area contributed by atoms with Gasteiger partial charge in [-0.1, -0.05) is 109 Å². The van der Waals surface area contributed by atoms with Crippen molar-refractivity contribution < 1.29 is 4.79 Å². The smallest absolute Gasteiger partial charge is 0.223 e. The third-order valence-corrected chi connectivity index (χ3v) is 8.26. The van der Waals surface area contributed by atoms with Gasteiger partial charge in [-0.2, -0.15) is 0 Å². The number of benzene rings is 4. The molecule has 0 unspecified atom stereocenters. The molecular weight excluding hydrogens is 502 g/mol. The van der Waals surface area contributed by atoms with E-state index in [1.165, 1.54) is 11.1 Å². The molecule has 5 aromatic rings. The van der Waals surface area contributed by atoms with Gasteiger partial charge in [0.2, 0.25) is 5.91 Å². The average Bonchev–Trinajstić information content (AvgIpc) is 3.42. The maximum absolute atomic E-state index is 13.8. The zero-order valence-electron chi connectivity index (χ0n) is 21.8. The zero-order chi connectivity index (χ0) is 26.6. The molecule has 4 nitrogen and oxygen atoms in total. The number of hydrogen-bond donors (Lipinski definition) is 1. The van der Waals surface area contributed by atoms with E-state index in [2.05, 4.69) is 82.7 Å². The Bertz CT molecular complexity index is 1500. The monoisotopic (exact) mass is 533 g/mol. The van der Waals surface area contributed by atoms with Gasteiger partial charge in [0.25, 0.3) is 0 Å². The summed E-state index contributed by atoms with van der Waals surface area (Å²) in [5, 5.41) is 1.83. The van der Waals surface area contributed by atoms with E-state index in [1.54, 1.807) is 0 Å². The van der Waals surface area contributed by atoms with Gasteiger partial charge in [0.1, 0.15) is 0 Å². The van der Waals surface area contributed by atoms with Crippen molar-refractivity contribution in [1.29, 1.82) is 0 Å². The van der Waals surface area contributed by atoms with E-state index >= 15 is 0 Å². The SMILES string of the molecule is O=C(C[C@H](c1ccccc1Cl)c1c[nH]c2ccccc12)N1CCN(C(c2ccccc2)c2ccccc2)CC1. The predicted octanol–water partition coefficient (Wildman–Crippen LogP) is 7.28. The predicted molar refractivity (Wildman–Crippen MR) is 159 cm³/mol. The summed E-state index contributed by atoms with van der Waals surface area (Å²) in [6, 6.07) is 37.6. The van der Waals surface area contributed by atoms with Gasteiger partial charge in [0, 0.05) is 60.6 Å². The summed E-state index contributed by atoms with van der Waals surface area (Å²) < 4.78 is 0. The van der Waals surface area contributed by atoms with E-state index in [0.717, 1.165) is 35.1 Å². The summed E-state index contributed by atoms with van der Waals surface area (Å²) >= 11 is 6.68. The first-order chi connectivity index (χ1) is 19.2. The number of carbonyl (C=O) groups is 1. The van der Waals surface area contributed by atoms with Crippen LogP contribution in [0.2, 0.25) is 5.02 Å². The third kappa shape index (κ3) is 5.36. The highest BCUT2D eigenvalue weighted by molar-refractivity contribution is 6.31. The van der Waals surface area contributed by atoms with Crippen LogP contribution in [0.25, 0.3) is 10.9 Å². The van der Waals surface area contributed by atoms with Crippen LogP contribution in [0.3, 0.4) is 0 Å². The highest BCUT2D eigenvalue weighted by atomic mass is 35.5. The number of piperazine rings is 1. The van der Waals surface area contributed by atoms with Gasteiger partial charge in [-0.25, -0.2) is 0 Å². The topological polar surface area (TPSA) is 39.3 Å². The number of H-pyrrole nitrogens is 1. The lowest BCUT2D eigenvalue weighted by atomic mass is 9.87. The standard InChI is InChI=1S/C34H32ClN3O/c35-31-17-9-7-15-27(31)29(30-24-36-32-18-10-8-16-28(30)32)23-33(39)37-19-21-38(22-20-37)34(25-11-3-1-4-12-25)26-13-5-2-6-14-26/h1-18,24,29,34,36H,19-23H2/t29-/m1/s1. The number of nitrogens with zero attached hydrogens (tertiary/aromatic N) is 2. The number of carbonyl (C=O) groups excluding carboxylic acids is 1. The number of aromatic amines is 1. The number of fused-ring (bicyclic) bond motifs is 1. The molecule has 39 heavy (non-hydrogen) atoms. The highest BCUT2D eigenvalue weighted by Crippen LogP contribution is 2.37. The summed E-state index contributed by atoms with van der Waals surface area (Å²) in [7, 11) is 0. The molecule has 0 radical (unpaired) electrons. The second kappa shape index (κ2) is 11.5. The minimum Gasteiger partial charge on any atom is -0.361 e. The fourth-order valence-electron chi connectivity index (χ4n) is 5.95. The maximum Gasteiger partial charge on any atom is 0.223 e. The van der Waals surface area contributed by atoms with Gasteiger partial charge in [-0.05, 0) is 34.4 Å². The number of rotatable bonds is 7. The van der Waals surface area contributed by atoms with Crippen LogP contribution in [0, 0.1) is 0 Å². The Kier molecular flexibility index (Phi) is 7.49. The lowest BCUT2D eigenvalue weighted by Crippen LogP contribution is -2.50. The number of para-hydroxylation sites is 1. The molecule has 5 heteroatoms. The molecule has 4 aromatic carbocycles. The molecule has 196 valence electrons. The number of aromatic nitrogens is 1. The van der Waals surface area contributed by atoms with Crippen LogP contribution in [-0.4, -0.2) is 46.9 Å². The number of hydrogen-bond acceptors (Lipinski definition) is 2. The summed E-state index contributed by atoms with van der Waals surface area (Å²) in [6.45, 7) is 3.06. The quantitative estimate of drug-likeness (QED) is 0.239. The molecule has 1 fully saturated rings. The van der Waals surface area contributed by atoms with Crippen molar-refractivity contribution in [2.75, 3.05) is 26.2 Å². The first kappa shape index (κ1) is 25.4. The van der Waals surface area contributed by atoms with Gasteiger partial charge in [-0.3, -0.25) is 9.69 Å². The van der Waals surface area contributed by atoms with Crippen molar-refractivity contribution in [2.45, 2.75) is 18.4 Å². The Morgan fingerprint density at radius 1 is 0.718 bits per heavy atom. The molecule has 1 saturated heterocycles. The Hall–Kier alpha value is -3.86. The lowest BCUT2D eigenvalue weighted by Gasteiger charge is -2.40. The third-order valence-electron chi connectivity index (χ3n) is 7.92. The molecule has 1 N–H and O–H groups in total. The van der Waals surface area contributed by atoms with Gasteiger partial charge in [-0.15, -0.1) is 0 Å². The molecular formula is C34H32ClN3O. The molecule has 1 atom stereocenters. The van der Waals surface area contributed by atoms with Crippen LogP contribution < -0.4 is 0 Å². The van der Waals surface area contributed by atoms with Crippen LogP contribution in [0.5, 0.6) is 0 Å². The maximum atomic E-state index is 13.8. The molecule has 0 spiro atoms. The first-order valence-corrected chi connectivity index (χ1v) is 14.0. The molecule has 6 rings (SSSR count). The molecule has 2 heterocycles. The average molecular weight is 534 g/mol. The Morgan fingerprint density at radius 2 is 1.31 bits per heavy atom. The van der Waals surface area contributed by atoms with Crippen molar-refractivity contribution in [3.63, 3.8) is 0 Å². The van der Waals surface area contributed by atoms with E-state index in [4.69, 9.17) is 11.6 Å². The van der Waals surface area contributed by atoms with Crippen LogP contribution in [-0.2, 0) is 4.79 Å². The Labute approximate surface area is 234 Å². The fraction of sp³-hybridized carbons (Fsp3) is 0.206.